The van der Waals surface area contributed by atoms with Crippen LogP contribution in [0.4, 0.5) is 23.4 Å². The number of ether oxygens (including phenoxy) is 1. The van der Waals surface area contributed by atoms with Crippen LogP contribution in [0.5, 0.6) is 0 Å². The van der Waals surface area contributed by atoms with Gasteiger partial charge in [0, 0.05) is 17.1 Å². The summed E-state index contributed by atoms with van der Waals surface area (Å²) in [6.07, 6.45) is -4.23. The Morgan fingerprint density at radius 1 is 1.15 bits per heavy atom. The Bertz CT molecular complexity index is 1380. The number of aliphatic hydroxyl groups is 1. The van der Waals surface area contributed by atoms with Crippen LogP contribution in [0.2, 0.25) is 5.02 Å². The maximum Gasteiger partial charge on any atom is 0.420 e. The second kappa shape index (κ2) is 12.5. The molecular formula is C27H30ClF4N5O4. The van der Waals surface area contributed by atoms with E-state index in [2.05, 4.69) is 5.10 Å². The van der Waals surface area contributed by atoms with E-state index >= 15 is 0 Å². The summed E-state index contributed by atoms with van der Waals surface area (Å²) < 4.78 is 62.6. The maximum absolute atomic E-state index is 14.2. The largest absolute Gasteiger partial charge is 0.420 e. The van der Waals surface area contributed by atoms with E-state index in [1.54, 1.807) is 20.8 Å². The molecule has 1 atom stereocenters. The first-order valence-corrected chi connectivity index (χ1v) is 12.7. The number of amides is 2. The molecule has 0 aliphatic rings. The third kappa shape index (κ3) is 8.18. The van der Waals surface area contributed by atoms with Gasteiger partial charge in [-0.05, 0) is 63.2 Å². The standard InChI is InChI=1S/C27H30ClF4N5O4/c1-25(2,3)41-12-11-36(24(39)17-5-4-6-18(28)13-17)16-26(40,27(30,31)32)15-34-23(38)21-14-35-37(22(21)33)20-9-7-19(29)8-10-20/h4-10,13-14,40H,11-12,15-16,33H2,1-3H3,(H,34,38). The van der Waals surface area contributed by atoms with Crippen LogP contribution >= 0.6 is 11.6 Å². The lowest BCUT2D eigenvalue weighted by atomic mass is 10.0. The quantitative estimate of drug-likeness (QED) is 0.300. The van der Waals surface area contributed by atoms with Crippen molar-refractivity contribution in [1.82, 2.24) is 20.0 Å². The van der Waals surface area contributed by atoms with E-state index in [4.69, 9.17) is 22.1 Å². The topological polar surface area (TPSA) is 123 Å². The summed E-state index contributed by atoms with van der Waals surface area (Å²) in [6.45, 7) is 2.25. The molecule has 0 aliphatic carbocycles. The van der Waals surface area contributed by atoms with Crippen molar-refractivity contribution >= 4 is 29.2 Å². The van der Waals surface area contributed by atoms with Crippen molar-refractivity contribution in [2.24, 2.45) is 0 Å². The number of nitrogen functional groups attached to an aromatic ring is 1. The number of rotatable bonds is 10. The molecule has 1 aromatic heterocycles. The molecule has 1 heterocycles. The molecule has 2 amide bonds. The number of aromatic nitrogens is 2. The first kappa shape index (κ1) is 31.8. The lowest BCUT2D eigenvalue weighted by Crippen LogP contribution is -2.61. The summed E-state index contributed by atoms with van der Waals surface area (Å²) >= 11 is 5.96. The fourth-order valence-corrected chi connectivity index (χ4v) is 3.91. The van der Waals surface area contributed by atoms with E-state index in [-0.39, 0.29) is 35.1 Å². The summed E-state index contributed by atoms with van der Waals surface area (Å²) in [4.78, 5) is 26.8. The van der Waals surface area contributed by atoms with Crippen LogP contribution in [0, 0.1) is 5.82 Å². The van der Waals surface area contributed by atoms with Crippen LogP contribution < -0.4 is 11.1 Å². The minimum absolute atomic E-state index is 0.00259. The van der Waals surface area contributed by atoms with E-state index < -0.39 is 48.1 Å². The van der Waals surface area contributed by atoms with Crippen LogP contribution in [-0.4, -0.2) is 75.2 Å². The number of anilines is 1. The van der Waals surface area contributed by atoms with Crippen molar-refractivity contribution in [3.63, 3.8) is 0 Å². The van der Waals surface area contributed by atoms with Crippen molar-refractivity contribution in [1.29, 1.82) is 0 Å². The molecule has 9 nitrogen and oxygen atoms in total. The number of halogens is 5. The number of nitrogens with two attached hydrogens (primary N) is 1. The fraction of sp³-hybridized carbons (Fsp3) is 0.370. The summed E-state index contributed by atoms with van der Waals surface area (Å²) in [5.74, 6) is -2.62. The van der Waals surface area contributed by atoms with Crippen molar-refractivity contribution < 1.29 is 37.0 Å². The molecule has 0 radical (unpaired) electrons. The molecule has 0 bridgehead atoms. The van der Waals surface area contributed by atoms with Gasteiger partial charge in [0.05, 0.1) is 37.2 Å². The highest BCUT2D eigenvalue weighted by Gasteiger charge is 2.55. The van der Waals surface area contributed by atoms with Gasteiger partial charge in [0.25, 0.3) is 11.8 Å². The smallest absolute Gasteiger partial charge is 0.383 e. The molecule has 222 valence electrons. The number of carbonyl (C=O) groups excluding carboxylic acids is 2. The van der Waals surface area contributed by atoms with Gasteiger partial charge in [-0.3, -0.25) is 9.59 Å². The number of carbonyl (C=O) groups is 2. The van der Waals surface area contributed by atoms with Gasteiger partial charge >= 0.3 is 6.18 Å². The molecule has 0 spiro atoms. The lowest BCUT2D eigenvalue weighted by Gasteiger charge is -2.36. The predicted octanol–water partition coefficient (Wildman–Crippen LogP) is 4.23. The van der Waals surface area contributed by atoms with Gasteiger partial charge in [-0.1, -0.05) is 17.7 Å². The molecular weight excluding hydrogens is 570 g/mol. The Morgan fingerprint density at radius 2 is 1.80 bits per heavy atom. The zero-order valence-electron chi connectivity index (χ0n) is 22.5. The van der Waals surface area contributed by atoms with Gasteiger partial charge in [-0.25, -0.2) is 9.07 Å². The first-order valence-electron chi connectivity index (χ1n) is 12.4. The van der Waals surface area contributed by atoms with Crippen molar-refractivity contribution in [3.8, 4) is 5.69 Å². The van der Waals surface area contributed by atoms with E-state index in [0.717, 1.165) is 27.9 Å². The van der Waals surface area contributed by atoms with Crippen LogP contribution in [0.3, 0.4) is 0 Å². The molecule has 2 aromatic carbocycles. The number of alkyl halides is 3. The number of nitrogens with one attached hydrogen (secondary N) is 1. The minimum atomic E-state index is -5.26. The van der Waals surface area contributed by atoms with Gasteiger partial charge in [0.1, 0.15) is 17.2 Å². The Balaban J connectivity index is 1.83. The Labute approximate surface area is 238 Å². The van der Waals surface area contributed by atoms with Crippen LogP contribution in [0.15, 0.2) is 54.7 Å². The second-order valence-electron chi connectivity index (χ2n) is 10.2. The third-order valence-electron chi connectivity index (χ3n) is 5.90. The van der Waals surface area contributed by atoms with Gasteiger partial charge in [-0.2, -0.15) is 18.3 Å². The molecule has 14 heteroatoms. The summed E-state index contributed by atoms with van der Waals surface area (Å²) in [7, 11) is 0. The van der Waals surface area contributed by atoms with Crippen LogP contribution in [0.25, 0.3) is 5.69 Å². The van der Waals surface area contributed by atoms with E-state index in [9.17, 15) is 32.3 Å². The van der Waals surface area contributed by atoms with Crippen LogP contribution in [0.1, 0.15) is 41.5 Å². The summed E-state index contributed by atoms with van der Waals surface area (Å²) in [5, 5.41) is 17.0. The Morgan fingerprint density at radius 3 is 2.39 bits per heavy atom. The average molecular weight is 600 g/mol. The highest BCUT2D eigenvalue weighted by atomic mass is 35.5. The summed E-state index contributed by atoms with van der Waals surface area (Å²) in [5.41, 5.74) is 1.81. The molecule has 4 N–H and O–H groups in total. The van der Waals surface area contributed by atoms with E-state index in [1.807, 2.05) is 5.32 Å². The Kier molecular flexibility index (Phi) is 9.67. The molecule has 3 rings (SSSR count). The molecule has 0 fully saturated rings. The highest BCUT2D eigenvalue weighted by Crippen LogP contribution is 2.32. The number of nitrogens with zero attached hydrogens (tertiary/aromatic N) is 3. The highest BCUT2D eigenvalue weighted by molar-refractivity contribution is 6.30. The van der Waals surface area contributed by atoms with E-state index in [0.29, 0.717) is 5.69 Å². The normalized spacial score (nSPS) is 13.5. The summed E-state index contributed by atoms with van der Waals surface area (Å²) in [6, 6.07) is 10.6. The maximum atomic E-state index is 14.2. The molecule has 0 aliphatic heterocycles. The number of hydrogen-bond donors (Lipinski definition) is 3. The lowest BCUT2D eigenvalue weighted by molar-refractivity contribution is -0.260. The van der Waals surface area contributed by atoms with Crippen molar-refractivity contribution in [2.45, 2.75) is 38.1 Å². The minimum Gasteiger partial charge on any atom is -0.383 e. The van der Waals surface area contributed by atoms with Gasteiger partial charge in [0.2, 0.25) is 0 Å². The van der Waals surface area contributed by atoms with Crippen LogP contribution in [-0.2, 0) is 4.74 Å². The zero-order valence-corrected chi connectivity index (χ0v) is 23.3. The SMILES string of the molecule is CC(C)(C)OCCN(CC(O)(CNC(=O)c1cnn(-c2ccc(F)cc2)c1N)C(F)(F)F)C(=O)c1cccc(Cl)c1. The van der Waals surface area contributed by atoms with Gasteiger partial charge in [-0.15, -0.1) is 0 Å². The molecule has 3 aromatic rings. The third-order valence-corrected chi connectivity index (χ3v) is 6.13. The number of benzene rings is 2. The Hall–Kier alpha value is -3.68. The predicted molar refractivity (Wildman–Crippen MR) is 144 cm³/mol. The fourth-order valence-electron chi connectivity index (χ4n) is 3.72. The monoisotopic (exact) mass is 599 g/mol. The average Bonchev–Trinajstić information content (AvgIpc) is 3.26. The molecule has 0 saturated carbocycles. The van der Waals surface area contributed by atoms with Crippen molar-refractivity contribution in [2.75, 3.05) is 32.0 Å². The molecule has 1 unspecified atom stereocenters. The van der Waals surface area contributed by atoms with Crippen molar-refractivity contribution in [3.05, 3.63) is 76.7 Å². The number of hydrogen-bond acceptors (Lipinski definition) is 6. The zero-order chi connectivity index (χ0) is 30.6. The molecule has 0 saturated heterocycles. The first-order chi connectivity index (χ1) is 19.0. The second-order valence-corrected chi connectivity index (χ2v) is 10.7. The van der Waals surface area contributed by atoms with Gasteiger partial charge < -0.3 is 25.8 Å². The van der Waals surface area contributed by atoms with E-state index in [1.165, 1.54) is 36.4 Å². The van der Waals surface area contributed by atoms with Gasteiger partial charge in [0.15, 0.2) is 5.60 Å². The molecule has 41 heavy (non-hydrogen) atoms.